The Morgan fingerprint density at radius 3 is 2.67 bits per heavy atom. The monoisotopic (exact) mass is 614 g/mol. The molecule has 3 atom stereocenters. The number of hydrogen-bond acceptors (Lipinski definition) is 7. The molecule has 1 saturated carbocycles. The van der Waals surface area contributed by atoms with Gasteiger partial charge in [0, 0.05) is 44.9 Å². The Bertz CT molecular complexity index is 1690. The molecule has 3 heterocycles. The average molecular weight is 615 g/mol. The molecular weight excluding hydrogens is 584 g/mol. The molecule has 0 amide bonds. The number of imidazole rings is 1. The standard InChI is InChI=1S/C30H30F4N4O4Si/c1-43(2,3)9-8-40-16-38-15-37-26-28(38)35-14-36-29(26)41-19-5-7-24-20(13-19)25-21(27(25)42-24)12-18(39)10-17-4-6-23(31)22(11-17)30(32,33)34/h4-7,11,13-15,21,25,27H,8-10,12,16H2,1-3H3/t21-,25-,27+/m0/s1. The maximum Gasteiger partial charge on any atom is 0.419 e. The second kappa shape index (κ2) is 11.0. The van der Waals surface area contributed by atoms with Crippen LogP contribution < -0.4 is 9.47 Å². The number of rotatable bonds is 11. The van der Waals surface area contributed by atoms with Crippen molar-refractivity contribution in [3.63, 3.8) is 0 Å². The largest absolute Gasteiger partial charge is 0.489 e. The molecule has 0 bridgehead atoms. The number of ether oxygens (including phenoxy) is 3. The van der Waals surface area contributed by atoms with Gasteiger partial charge in [-0.25, -0.2) is 14.4 Å². The van der Waals surface area contributed by atoms with Crippen molar-refractivity contribution in [2.45, 2.75) is 63.5 Å². The van der Waals surface area contributed by atoms with E-state index in [4.69, 9.17) is 14.2 Å². The highest BCUT2D eigenvalue weighted by molar-refractivity contribution is 6.76. The lowest BCUT2D eigenvalue weighted by Crippen LogP contribution is -2.22. The highest BCUT2D eigenvalue weighted by Gasteiger charge is 2.59. The first-order valence-corrected chi connectivity index (χ1v) is 17.7. The zero-order valence-corrected chi connectivity index (χ0v) is 24.8. The molecule has 0 spiro atoms. The van der Waals surface area contributed by atoms with Crippen molar-refractivity contribution in [2.24, 2.45) is 5.92 Å². The molecule has 1 fully saturated rings. The number of carbonyl (C=O) groups excluding carboxylic acids is 1. The first-order valence-electron chi connectivity index (χ1n) is 14.0. The lowest BCUT2D eigenvalue weighted by Gasteiger charge is -2.15. The van der Waals surface area contributed by atoms with Gasteiger partial charge in [-0.2, -0.15) is 18.2 Å². The molecule has 2 aliphatic rings. The second-order valence-corrected chi connectivity index (χ2v) is 17.8. The summed E-state index contributed by atoms with van der Waals surface area (Å²) < 4.78 is 72.5. The van der Waals surface area contributed by atoms with Crippen molar-refractivity contribution in [3.8, 4) is 17.4 Å². The normalized spacial score (nSPS) is 19.2. The number of nitrogens with zero attached hydrogens (tertiary/aromatic N) is 4. The summed E-state index contributed by atoms with van der Waals surface area (Å²) in [5.41, 5.74) is 0.734. The van der Waals surface area contributed by atoms with Gasteiger partial charge in [0.25, 0.3) is 5.88 Å². The van der Waals surface area contributed by atoms with E-state index in [1.54, 1.807) is 23.0 Å². The number of ketones is 1. The summed E-state index contributed by atoms with van der Waals surface area (Å²) in [6, 6.07) is 9.13. The number of alkyl halides is 3. The summed E-state index contributed by atoms with van der Waals surface area (Å²) in [5.74, 6) is -0.207. The number of aromatic nitrogens is 4. The Morgan fingerprint density at radius 1 is 1.09 bits per heavy atom. The van der Waals surface area contributed by atoms with Crippen LogP contribution in [0.3, 0.4) is 0 Å². The van der Waals surface area contributed by atoms with Crippen LogP contribution in [0.2, 0.25) is 25.7 Å². The lowest BCUT2D eigenvalue weighted by atomic mass is 10.00. The van der Waals surface area contributed by atoms with Gasteiger partial charge >= 0.3 is 6.18 Å². The number of carbonyl (C=O) groups is 1. The summed E-state index contributed by atoms with van der Waals surface area (Å²) in [6.45, 7) is 7.87. The molecular formula is C30H30F4N4O4Si. The van der Waals surface area contributed by atoms with E-state index in [-0.39, 0.29) is 42.1 Å². The Kier molecular flexibility index (Phi) is 7.49. The topological polar surface area (TPSA) is 88.4 Å². The highest BCUT2D eigenvalue weighted by atomic mass is 28.3. The summed E-state index contributed by atoms with van der Waals surface area (Å²) in [5, 5.41) is 0. The molecule has 13 heteroatoms. The molecule has 8 nitrogen and oxygen atoms in total. The average Bonchev–Trinajstić information content (AvgIpc) is 3.24. The van der Waals surface area contributed by atoms with Crippen LogP contribution >= 0.6 is 0 Å². The van der Waals surface area contributed by atoms with E-state index in [1.807, 2.05) is 6.07 Å². The zero-order valence-electron chi connectivity index (χ0n) is 23.8. The minimum absolute atomic E-state index is 0.0283. The fourth-order valence-electron chi connectivity index (χ4n) is 5.40. The molecule has 0 saturated heterocycles. The quantitative estimate of drug-likeness (QED) is 0.105. The van der Waals surface area contributed by atoms with E-state index >= 15 is 0 Å². The van der Waals surface area contributed by atoms with Gasteiger partial charge in [-0.3, -0.25) is 9.36 Å². The molecule has 226 valence electrons. The predicted octanol–water partition coefficient (Wildman–Crippen LogP) is 6.77. The number of Topliss-reactive ketones (excluding diaryl/α,β-unsaturated/α-hetero) is 1. The maximum absolute atomic E-state index is 13.6. The van der Waals surface area contributed by atoms with Crippen LogP contribution in [0.15, 0.2) is 49.1 Å². The molecule has 1 aliphatic heterocycles. The van der Waals surface area contributed by atoms with E-state index in [0.29, 0.717) is 47.9 Å². The van der Waals surface area contributed by atoms with Gasteiger partial charge in [-0.05, 0) is 41.9 Å². The van der Waals surface area contributed by atoms with Crippen LogP contribution in [0.4, 0.5) is 17.6 Å². The van der Waals surface area contributed by atoms with Gasteiger partial charge in [-0.15, -0.1) is 0 Å². The maximum atomic E-state index is 13.6. The number of hydrogen-bond donors (Lipinski definition) is 0. The third kappa shape index (κ3) is 6.28. The van der Waals surface area contributed by atoms with E-state index in [0.717, 1.165) is 17.7 Å². The van der Waals surface area contributed by atoms with Crippen LogP contribution in [0.5, 0.6) is 17.4 Å². The summed E-state index contributed by atoms with van der Waals surface area (Å²) in [4.78, 5) is 25.8. The van der Waals surface area contributed by atoms with E-state index in [9.17, 15) is 22.4 Å². The van der Waals surface area contributed by atoms with Crippen molar-refractivity contribution < 1.29 is 36.6 Å². The first kappa shape index (κ1) is 29.2. The minimum Gasteiger partial charge on any atom is -0.489 e. The van der Waals surface area contributed by atoms with Crippen LogP contribution in [0.25, 0.3) is 11.2 Å². The van der Waals surface area contributed by atoms with Crippen LogP contribution in [0, 0.1) is 11.7 Å². The number of benzene rings is 2. The third-order valence-electron chi connectivity index (χ3n) is 7.71. The zero-order chi connectivity index (χ0) is 30.5. The molecule has 0 N–H and O–H groups in total. The minimum atomic E-state index is -4.83. The molecule has 4 aromatic rings. The fraction of sp³-hybridized carbons (Fsp3) is 0.400. The van der Waals surface area contributed by atoms with Gasteiger partial charge in [0.2, 0.25) is 0 Å². The molecule has 0 radical (unpaired) electrons. The number of fused-ring (bicyclic) bond motifs is 4. The van der Waals surface area contributed by atoms with Crippen molar-refractivity contribution in [1.82, 2.24) is 19.5 Å². The van der Waals surface area contributed by atoms with Gasteiger partial charge in [0.05, 0.1) is 11.9 Å². The molecule has 43 heavy (non-hydrogen) atoms. The smallest absolute Gasteiger partial charge is 0.419 e. The van der Waals surface area contributed by atoms with Gasteiger partial charge < -0.3 is 14.2 Å². The molecule has 2 aromatic carbocycles. The van der Waals surface area contributed by atoms with Crippen LogP contribution in [0.1, 0.15) is 29.0 Å². The molecule has 0 unspecified atom stereocenters. The summed E-state index contributed by atoms with van der Waals surface area (Å²) >= 11 is 0. The highest BCUT2D eigenvalue weighted by Crippen LogP contribution is 2.60. The van der Waals surface area contributed by atoms with Crippen molar-refractivity contribution in [2.75, 3.05) is 6.61 Å². The molecule has 1 aliphatic carbocycles. The predicted molar refractivity (Wildman–Crippen MR) is 151 cm³/mol. The second-order valence-electron chi connectivity index (χ2n) is 12.2. The van der Waals surface area contributed by atoms with Crippen molar-refractivity contribution in [3.05, 3.63) is 71.6 Å². The molecule has 2 aromatic heterocycles. The Morgan fingerprint density at radius 2 is 1.91 bits per heavy atom. The summed E-state index contributed by atoms with van der Waals surface area (Å²) in [7, 11) is -1.20. The van der Waals surface area contributed by atoms with Crippen LogP contribution in [-0.4, -0.2) is 46.1 Å². The fourth-order valence-corrected chi connectivity index (χ4v) is 6.16. The Hall–Kier alpha value is -3.84. The summed E-state index contributed by atoms with van der Waals surface area (Å²) in [6.07, 6.45) is -2.03. The first-order chi connectivity index (χ1) is 20.4. The van der Waals surface area contributed by atoms with Gasteiger partial charge in [0.15, 0.2) is 11.2 Å². The van der Waals surface area contributed by atoms with Gasteiger partial charge in [-0.1, -0.05) is 25.7 Å². The van der Waals surface area contributed by atoms with Crippen LogP contribution in [-0.2, 0) is 28.9 Å². The van der Waals surface area contributed by atoms with Gasteiger partial charge in [0.1, 0.15) is 42.3 Å². The SMILES string of the molecule is C[Si](C)(C)CCOCn1cnc2c(Oc3ccc4c(c3)[C@H]3[C@H](CC(=O)Cc5ccc(F)c(C(F)(F)F)c5)[C@H]3O4)ncnc21. The van der Waals surface area contributed by atoms with Crippen molar-refractivity contribution >= 4 is 25.0 Å². The molecule has 6 rings (SSSR count). The Labute approximate surface area is 246 Å². The van der Waals surface area contributed by atoms with E-state index in [2.05, 4.69) is 34.6 Å². The lowest BCUT2D eigenvalue weighted by molar-refractivity contribution is -0.140. The van der Waals surface area contributed by atoms with Crippen molar-refractivity contribution in [1.29, 1.82) is 0 Å². The number of halogens is 4. The third-order valence-corrected chi connectivity index (χ3v) is 9.41. The van der Waals surface area contributed by atoms with E-state index in [1.165, 1.54) is 12.4 Å². The van der Waals surface area contributed by atoms with E-state index < -0.39 is 25.6 Å². The Balaban J connectivity index is 1.10.